The van der Waals surface area contributed by atoms with Crippen LogP contribution in [0.15, 0.2) is 47.2 Å². The van der Waals surface area contributed by atoms with Crippen molar-refractivity contribution in [2.24, 2.45) is 0 Å². The topological polar surface area (TPSA) is 101 Å². The van der Waals surface area contributed by atoms with Gasteiger partial charge in [0.15, 0.2) is 0 Å². The lowest BCUT2D eigenvalue weighted by atomic mass is 9.92. The van der Waals surface area contributed by atoms with E-state index in [1.807, 2.05) is 0 Å². The Morgan fingerprint density at radius 1 is 1.27 bits per heavy atom. The number of nitrogens with one attached hydrogen (secondary N) is 2. The molecule has 0 saturated carbocycles. The summed E-state index contributed by atoms with van der Waals surface area (Å²) in [5.41, 5.74) is 1.79. The Labute approximate surface area is 157 Å². The van der Waals surface area contributed by atoms with E-state index in [9.17, 15) is 14.4 Å². The SMILES string of the molecule is COc1ccc([C@@]2(C)NC(=O)N(NC(=O)c3cncc(Br)c3)C2=O)cc1. The van der Waals surface area contributed by atoms with Gasteiger partial charge in [-0.15, -0.1) is 0 Å². The highest BCUT2D eigenvalue weighted by Crippen LogP contribution is 2.29. The highest BCUT2D eigenvalue weighted by Gasteiger charge is 2.50. The van der Waals surface area contributed by atoms with Crippen LogP contribution >= 0.6 is 15.9 Å². The number of urea groups is 1. The molecule has 9 heteroatoms. The molecule has 2 aromatic rings. The summed E-state index contributed by atoms with van der Waals surface area (Å²) in [6.07, 6.45) is 2.85. The van der Waals surface area contributed by atoms with Crippen molar-refractivity contribution in [3.63, 3.8) is 0 Å². The molecule has 1 fully saturated rings. The zero-order chi connectivity index (χ0) is 18.9. The van der Waals surface area contributed by atoms with E-state index < -0.39 is 23.4 Å². The van der Waals surface area contributed by atoms with Crippen LogP contribution in [0.2, 0.25) is 0 Å². The summed E-state index contributed by atoms with van der Waals surface area (Å²) < 4.78 is 5.70. The minimum Gasteiger partial charge on any atom is -0.497 e. The van der Waals surface area contributed by atoms with Crippen LogP contribution in [0.5, 0.6) is 5.75 Å². The Bertz CT molecular complexity index is 887. The van der Waals surface area contributed by atoms with E-state index in [-0.39, 0.29) is 5.56 Å². The second-order valence-electron chi connectivity index (χ2n) is 5.76. The number of hydrazine groups is 1. The fourth-order valence-corrected chi connectivity index (χ4v) is 2.93. The summed E-state index contributed by atoms with van der Waals surface area (Å²) in [6.45, 7) is 1.57. The molecule has 1 atom stereocenters. The number of hydrogen-bond acceptors (Lipinski definition) is 5. The monoisotopic (exact) mass is 418 g/mol. The average Bonchev–Trinajstić information content (AvgIpc) is 2.86. The van der Waals surface area contributed by atoms with Gasteiger partial charge in [0, 0.05) is 16.9 Å². The summed E-state index contributed by atoms with van der Waals surface area (Å²) >= 11 is 3.21. The van der Waals surface area contributed by atoms with Gasteiger partial charge < -0.3 is 10.1 Å². The quantitative estimate of drug-likeness (QED) is 0.739. The Morgan fingerprint density at radius 3 is 2.58 bits per heavy atom. The number of aromatic nitrogens is 1. The van der Waals surface area contributed by atoms with Gasteiger partial charge in [0.05, 0.1) is 12.7 Å². The molecule has 26 heavy (non-hydrogen) atoms. The lowest BCUT2D eigenvalue weighted by Gasteiger charge is -2.22. The minimum absolute atomic E-state index is 0.207. The summed E-state index contributed by atoms with van der Waals surface area (Å²) in [4.78, 5) is 41.3. The van der Waals surface area contributed by atoms with Crippen molar-refractivity contribution in [1.82, 2.24) is 20.7 Å². The smallest absolute Gasteiger partial charge is 0.344 e. The van der Waals surface area contributed by atoms with Crippen molar-refractivity contribution in [3.8, 4) is 5.75 Å². The van der Waals surface area contributed by atoms with Crippen LogP contribution < -0.4 is 15.5 Å². The molecule has 0 unspecified atom stereocenters. The van der Waals surface area contributed by atoms with Crippen LogP contribution in [0.4, 0.5) is 4.79 Å². The third kappa shape index (κ3) is 3.13. The zero-order valence-electron chi connectivity index (χ0n) is 13.9. The maximum Gasteiger partial charge on any atom is 0.344 e. The van der Waals surface area contributed by atoms with Gasteiger partial charge in [0.25, 0.3) is 11.8 Å². The van der Waals surface area contributed by atoms with Crippen molar-refractivity contribution < 1.29 is 19.1 Å². The number of nitrogens with zero attached hydrogens (tertiary/aromatic N) is 2. The van der Waals surface area contributed by atoms with Crippen molar-refractivity contribution in [2.45, 2.75) is 12.5 Å². The Balaban J connectivity index is 1.83. The van der Waals surface area contributed by atoms with Crippen LogP contribution in [0.25, 0.3) is 0 Å². The summed E-state index contributed by atoms with van der Waals surface area (Å²) in [5, 5.41) is 3.28. The summed E-state index contributed by atoms with van der Waals surface area (Å²) in [7, 11) is 1.53. The molecule has 4 amide bonds. The van der Waals surface area contributed by atoms with Gasteiger partial charge in [-0.1, -0.05) is 12.1 Å². The molecule has 0 aliphatic carbocycles. The predicted molar refractivity (Wildman–Crippen MR) is 95.1 cm³/mol. The molecule has 1 aromatic heterocycles. The summed E-state index contributed by atoms with van der Waals surface area (Å²) in [5.74, 6) is -0.591. The molecule has 0 bridgehead atoms. The van der Waals surface area contributed by atoms with Gasteiger partial charge in [-0.3, -0.25) is 20.0 Å². The lowest BCUT2D eigenvalue weighted by molar-refractivity contribution is -0.132. The Hall–Kier alpha value is -2.94. The number of halogens is 1. The van der Waals surface area contributed by atoms with E-state index in [0.29, 0.717) is 20.8 Å². The van der Waals surface area contributed by atoms with Crippen molar-refractivity contribution in [1.29, 1.82) is 0 Å². The standard InChI is InChI=1S/C17H15BrN4O4/c1-17(11-3-5-13(26-2)6-4-11)15(24)22(16(25)20-17)21-14(23)10-7-12(18)9-19-8-10/h3-9H,1-2H3,(H,20,25)(H,21,23)/t17-/m1/s1. The maximum absolute atomic E-state index is 12.8. The molecule has 2 N–H and O–H groups in total. The normalized spacial score (nSPS) is 19.3. The molecule has 1 aliphatic heterocycles. The third-order valence-corrected chi connectivity index (χ3v) is 4.47. The van der Waals surface area contributed by atoms with Gasteiger partial charge in [-0.2, -0.15) is 5.01 Å². The molecule has 1 aliphatic rings. The molecule has 0 spiro atoms. The summed E-state index contributed by atoms with van der Waals surface area (Å²) in [6, 6.07) is 7.55. The molecule has 1 aromatic carbocycles. The number of carbonyl (C=O) groups is 3. The first-order valence-electron chi connectivity index (χ1n) is 7.58. The van der Waals surface area contributed by atoms with Crippen LogP contribution in [0.1, 0.15) is 22.8 Å². The van der Waals surface area contributed by atoms with Gasteiger partial charge >= 0.3 is 6.03 Å². The predicted octanol–water partition coefficient (Wildman–Crippen LogP) is 1.96. The van der Waals surface area contributed by atoms with Crippen LogP contribution in [-0.4, -0.2) is 34.9 Å². The fraction of sp³-hybridized carbons (Fsp3) is 0.176. The average molecular weight is 419 g/mol. The van der Waals surface area contributed by atoms with E-state index in [2.05, 4.69) is 31.7 Å². The number of amides is 4. The number of hydrogen-bond donors (Lipinski definition) is 2. The number of imide groups is 1. The highest BCUT2D eigenvalue weighted by atomic mass is 79.9. The first-order valence-corrected chi connectivity index (χ1v) is 8.37. The van der Waals surface area contributed by atoms with Crippen molar-refractivity contribution in [2.75, 3.05) is 7.11 Å². The number of rotatable bonds is 4. The molecule has 1 saturated heterocycles. The first kappa shape index (κ1) is 17.9. The minimum atomic E-state index is -1.30. The van der Waals surface area contributed by atoms with E-state index in [1.54, 1.807) is 31.2 Å². The van der Waals surface area contributed by atoms with Crippen LogP contribution in [-0.2, 0) is 10.3 Å². The number of ether oxygens (including phenoxy) is 1. The molecule has 0 radical (unpaired) electrons. The Kier molecular flexibility index (Phi) is 4.64. The maximum atomic E-state index is 12.8. The van der Waals surface area contributed by atoms with Crippen LogP contribution in [0, 0.1) is 0 Å². The Morgan fingerprint density at radius 2 is 1.96 bits per heavy atom. The van der Waals surface area contributed by atoms with Gasteiger partial charge in [-0.05, 0) is 46.6 Å². The van der Waals surface area contributed by atoms with Gasteiger partial charge in [0.1, 0.15) is 11.3 Å². The zero-order valence-corrected chi connectivity index (χ0v) is 15.5. The van der Waals surface area contributed by atoms with E-state index >= 15 is 0 Å². The number of benzene rings is 1. The van der Waals surface area contributed by atoms with E-state index in [4.69, 9.17) is 4.74 Å². The largest absolute Gasteiger partial charge is 0.497 e. The van der Waals surface area contributed by atoms with Gasteiger partial charge in [-0.25, -0.2) is 4.79 Å². The molecular formula is C17H15BrN4O4. The molecule has 2 heterocycles. The van der Waals surface area contributed by atoms with Crippen molar-refractivity contribution >= 4 is 33.8 Å². The molecule has 134 valence electrons. The molecule has 3 rings (SSSR count). The van der Waals surface area contributed by atoms with Crippen LogP contribution in [0.3, 0.4) is 0 Å². The second-order valence-corrected chi connectivity index (χ2v) is 6.67. The molecule has 8 nitrogen and oxygen atoms in total. The van der Waals surface area contributed by atoms with Gasteiger partial charge in [0.2, 0.25) is 0 Å². The third-order valence-electron chi connectivity index (χ3n) is 4.04. The second kappa shape index (κ2) is 6.75. The lowest BCUT2D eigenvalue weighted by Crippen LogP contribution is -2.47. The molecular weight excluding hydrogens is 404 g/mol. The fourth-order valence-electron chi connectivity index (χ4n) is 2.56. The van der Waals surface area contributed by atoms with E-state index in [1.165, 1.54) is 25.6 Å². The number of carbonyl (C=O) groups excluding carboxylic acids is 3. The van der Waals surface area contributed by atoms with E-state index in [0.717, 1.165) is 0 Å². The highest BCUT2D eigenvalue weighted by molar-refractivity contribution is 9.10. The van der Waals surface area contributed by atoms with Crippen molar-refractivity contribution in [3.05, 3.63) is 58.3 Å². The number of pyridine rings is 1. The first-order chi connectivity index (χ1) is 12.3. The number of methoxy groups -OCH3 is 1.